The molecule has 1 aliphatic rings. The van der Waals surface area contributed by atoms with Gasteiger partial charge in [0.1, 0.15) is 11.3 Å². The number of hydrogen-bond acceptors (Lipinski definition) is 7. The SMILES string of the molecule is COc1nc(N2CCN(c3ccccc3)CC2)ncc1C(=O)NCc1ccco1. The molecular weight excluding hydrogens is 370 g/mol. The molecule has 0 saturated carbocycles. The Morgan fingerprint density at radius 2 is 1.86 bits per heavy atom. The summed E-state index contributed by atoms with van der Waals surface area (Å²) in [5.74, 6) is 1.19. The molecule has 1 aromatic carbocycles. The number of para-hydroxylation sites is 1. The summed E-state index contributed by atoms with van der Waals surface area (Å²) in [5, 5.41) is 2.79. The molecule has 1 saturated heterocycles. The summed E-state index contributed by atoms with van der Waals surface area (Å²) in [6, 6.07) is 13.9. The number of rotatable bonds is 6. The van der Waals surface area contributed by atoms with Crippen molar-refractivity contribution >= 4 is 17.5 Å². The van der Waals surface area contributed by atoms with Crippen LogP contribution >= 0.6 is 0 Å². The van der Waals surface area contributed by atoms with Crippen LogP contribution in [0.3, 0.4) is 0 Å². The van der Waals surface area contributed by atoms with Crippen LogP contribution < -0.4 is 19.9 Å². The predicted octanol–water partition coefficient (Wildman–Crippen LogP) is 2.33. The lowest BCUT2D eigenvalue weighted by molar-refractivity contribution is 0.0944. The Kier molecular flexibility index (Phi) is 5.60. The van der Waals surface area contributed by atoms with Crippen LogP contribution in [0.5, 0.6) is 5.88 Å². The van der Waals surface area contributed by atoms with Gasteiger partial charge in [0, 0.05) is 38.1 Å². The van der Waals surface area contributed by atoms with Crippen molar-refractivity contribution in [1.29, 1.82) is 0 Å². The predicted molar refractivity (Wildman–Crippen MR) is 109 cm³/mol. The average Bonchev–Trinajstić information content (AvgIpc) is 3.31. The van der Waals surface area contributed by atoms with Crippen LogP contribution in [0, 0.1) is 0 Å². The van der Waals surface area contributed by atoms with E-state index in [9.17, 15) is 4.79 Å². The van der Waals surface area contributed by atoms with Gasteiger partial charge >= 0.3 is 0 Å². The van der Waals surface area contributed by atoms with E-state index in [-0.39, 0.29) is 18.3 Å². The van der Waals surface area contributed by atoms with E-state index in [4.69, 9.17) is 9.15 Å². The number of nitrogens with zero attached hydrogens (tertiary/aromatic N) is 4. The maximum atomic E-state index is 12.5. The van der Waals surface area contributed by atoms with E-state index in [0.29, 0.717) is 17.3 Å². The quantitative estimate of drug-likeness (QED) is 0.688. The first-order chi connectivity index (χ1) is 14.2. The second kappa shape index (κ2) is 8.64. The number of carbonyl (C=O) groups is 1. The van der Waals surface area contributed by atoms with E-state index in [2.05, 4.69) is 37.2 Å². The third-order valence-electron chi connectivity index (χ3n) is 4.87. The van der Waals surface area contributed by atoms with Crippen LogP contribution in [0.15, 0.2) is 59.3 Å². The monoisotopic (exact) mass is 393 g/mol. The zero-order valence-corrected chi connectivity index (χ0v) is 16.2. The van der Waals surface area contributed by atoms with Crippen molar-refractivity contribution in [2.24, 2.45) is 0 Å². The van der Waals surface area contributed by atoms with E-state index in [1.165, 1.54) is 19.0 Å². The molecule has 2 aromatic heterocycles. The van der Waals surface area contributed by atoms with Gasteiger partial charge < -0.3 is 24.3 Å². The van der Waals surface area contributed by atoms with E-state index >= 15 is 0 Å². The molecule has 0 unspecified atom stereocenters. The number of aromatic nitrogens is 2. The molecule has 1 N–H and O–H groups in total. The standard InChI is InChI=1S/C21H23N5O3/c1-28-20-18(19(27)22-14-17-8-5-13-29-17)15-23-21(24-20)26-11-9-25(10-12-26)16-6-3-2-4-7-16/h2-8,13,15H,9-12,14H2,1H3,(H,22,27). The maximum absolute atomic E-state index is 12.5. The van der Waals surface area contributed by atoms with Gasteiger partial charge in [0.25, 0.3) is 5.91 Å². The van der Waals surface area contributed by atoms with E-state index in [1.54, 1.807) is 18.4 Å². The van der Waals surface area contributed by atoms with Crippen LogP contribution in [0.4, 0.5) is 11.6 Å². The van der Waals surface area contributed by atoms with Gasteiger partial charge in [0.05, 0.1) is 19.9 Å². The van der Waals surface area contributed by atoms with Crippen LogP contribution in [-0.2, 0) is 6.54 Å². The second-order valence-electron chi connectivity index (χ2n) is 6.66. The summed E-state index contributed by atoms with van der Waals surface area (Å²) in [7, 11) is 1.50. The average molecular weight is 393 g/mol. The Balaban J connectivity index is 1.41. The van der Waals surface area contributed by atoms with Crippen LogP contribution in [0.25, 0.3) is 0 Å². The highest BCUT2D eigenvalue weighted by Gasteiger charge is 2.22. The van der Waals surface area contributed by atoms with Gasteiger partial charge in [-0.05, 0) is 24.3 Å². The summed E-state index contributed by atoms with van der Waals surface area (Å²) in [6.07, 6.45) is 3.08. The van der Waals surface area contributed by atoms with Gasteiger partial charge in [-0.3, -0.25) is 4.79 Å². The van der Waals surface area contributed by atoms with Crippen LogP contribution in [0.1, 0.15) is 16.1 Å². The van der Waals surface area contributed by atoms with E-state index in [1.807, 2.05) is 18.2 Å². The minimum absolute atomic E-state index is 0.262. The molecule has 0 atom stereocenters. The molecule has 3 heterocycles. The lowest BCUT2D eigenvalue weighted by Gasteiger charge is -2.36. The number of benzene rings is 1. The van der Waals surface area contributed by atoms with E-state index < -0.39 is 0 Å². The number of nitrogens with one attached hydrogen (secondary N) is 1. The minimum Gasteiger partial charge on any atom is -0.480 e. The first kappa shape index (κ1) is 18.8. The Bertz CT molecular complexity index is 938. The third kappa shape index (κ3) is 4.31. The molecule has 1 aliphatic heterocycles. The smallest absolute Gasteiger partial charge is 0.258 e. The van der Waals surface area contributed by atoms with Crippen molar-refractivity contribution < 1.29 is 13.9 Å². The molecule has 0 aliphatic carbocycles. The molecule has 1 amide bonds. The number of methoxy groups -OCH3 is 1. The maximum Gasteiger partial charge on any atom is 0.258 e. The Morgan fingerprint density at radius 1 is 1.10 bits per heavy atom. The number of anilines is 2. The molecule has 0 bridgehead atoms. The number of furan rings is 1. The molecule has 29 heavy (non-hydrogen) atoms. The summed E-state index contributed by atoms with van der Waals surface area (Å²) in [6.45, 7) is 3.63. The summed E-state index contributed by atoms with van der Waals surface area (Å²) >= 11 is 0. The second-order valence-corrected chi connectivity index (χ2v) is 6.66. The van der Waals surface area contributed by atoms with Gasteiger partial charge in [-0.15, -0.1) is 0 Å². The van der Waals surface area contributed by atoms with Gasteiger partial charge in [-0.1, -0.05) is 18.2 Å². The fraction of sp³-hybridized carbons (Fsp3) is 0.286. The molecule has 0 radical (unpaired) electrons. The van der Waals surface area contributed by atoms with Crippen molar-refractivity contribution in [3.63, 3.8) is 0 Å². The summed E-state index contributed by atoms with van der Waals surface area (Å²) in [5.41, 5.74) is 1.51. The number of piperazine rings is 1. The highest BCUT2D eigenvalue weighted by molar-refractivity contribution is 5.96. The highest BCUT2D eigenvalue weighted by Crippen LogP contribution is 2.21. The molecule has 3 aromatic rings. The van der Waals surface area contributed by atoms with Gasteiger partial charge in [0.2, 0.25) is 11.8 Å². The van der Waals surface area contributed by atoms with Gasteiger partial charge in [-0.2, -0.15) is 4.98 Å². The number of hydrogen-bond donors (Lipinski definition) is 1. The lowest BCUT2D eigenvalue weighted by atomic mass is 10.2. The van der Waals surface area contributed by atoms with Crippen molar-refractivity contribution in [2.45, 2.75) is 6.54 Å². The fourth-order valence-corrected chi connectivity index (χ4v) is 3.30. The zero-order valence-electron chi connectivity index (χ0n) is 16.2. The van der Waals surface area contributed by atoms with Crippen LogP contribution in [-0.4, -0.2) is 49.2 Å². The molecular formula is C21H23N5O3. The normalized spacial score (nSPS) is 14.0. The van der Waals surface area contributed by atoms with Crippen molar-refractivity contribution in [2.75, 3.05) is 43.1 Å². The highest BCUT2D eigenvalue weighted by atomic mass is 16.5. The first-order valence-electron chi connectivity index (χ1n) is 9.51. The molecule has 150 valence electrons. The minimum atomic E-state index is -0.307. The van der Waals surface area contributed by atoms with Crippen LogP contribution in [0.2, 0.25) is 0 Å². The number of ether oxygens (including phenoxy) is 1. The molecule has 8 heteroatoms. The number of amides is 1. The first-order valence-corrected chi connectivity index (χ1v) is 9.51. The Morgan fingerprint density at radius 3 is 2.55 bits per heavy atom. The molecule has 1 fully saturated rings. The summed E-state index contributed by atoms with van der Waals surface area (Å²) in [4.78, 5) is 25.8. The van der Waals surface area contributed by atoms with Crippen molar-refractivity contribution in [3.8, 4) is 5.88 Å². The molecule has 8 nitrogen and oxygen atoms in total. The number of carbonyl (C=O) groups excluding carboxylic acids is 1. The largest absolute Gasteiger partial charge is 0.480 e. The van der Waals surface area contributed by atoms with Crippen molar-refractivity contribution in [3.05, 3.63) is 66.2 Å². The third-order valence-corrected chi connectivity index (χ3v) is 4.87. The Hall–Kier alpha value is -3.55. The van der Waals surface area contributed by atoms with Gasteiger partial charge in [0.15, 0.2) is 0 Å². The topological polar surface area (TPSA) is 83.7 Å². The van der Waals surface area contributed by atoms with Crippen molar-refractivity contribution in [1.82, 2.24) is 15.3 Å². The lowest BCUT2D eigenvalue weighted by Crippen LogP contribution is -2.47. The Labute approximate surface area is 169 Å². The van der Waals surface area contributed by atoms with E-state index in [0.717, 1.165) is 26.2 Å². The molecule has 0 spiro atoms. The van der Waals surface area contributed by atoms with Gasteiger partial charge in [-0.25, -0.2) is 4.98 Å². The zero-order chi connectivity index (χ0) is 20.1. The summed E-state index contributed by atoms with van der Waals surface area (Å²) < 4.78 is 10.6. The fourth-order valence-electron chi connectivity index (χ4n) is 3.30. The molecule has 4 rings (SSSR count).